The van der Waals surface area contributed by atoms with Crippen molar-refractivity contribution in [1.82, 2.24) is 5.32 Å². The van der Waals surface area contributed by atoms with Gasteiger partial charge in [-0.05, 0) is 0 Å². The summed E-state index contributed by atoms with van der Waals surface area (Å²) in [4.78, 5) is 10.0. The molecular weight excluding hydrogens is 169 g/mol. The van der Waals surface area contributed by atoms with Crippen LogP contribution in [0.4, 0.5) is 0 Å². The van der Waals surface area contributed by atoms with Crippen LogP contribution in [0.5, 0.6) is 0 Å². The van der Waals surface area contributed by atoms with Gasteiger partial charge in [-0.2, -0.15) is 8.42 Å². The maximum absolute atomic E-state index is 10.0. The molecule has 0 aliphatic rings. The first kappa shape index (κ1) is 13.0. The van der Waals surface area contributed by atoms with Crippen LogP contribution in [-0.4, -0.2) is 54.3 Å². The zero-order valence-electron chi connectivity index (χ0n) is 5.79. The van der Waals surface area contributed by atoms with E-state index < -0.39 is 21.9 Å². The molecule has 1 radical (unpaired) electrons. The van der Waals surface area contributed by atoms with Crippen LogP contribution in [0.1, 0.15) is 6.92 Å². The second-order valence-electron chi connectivity index (χ2n) is 1.46. The molecule has 0 bridgehead atoms. The van der Waals surface area contributed by atoms with Gasteiger partial charge in [-0.1, -0.05) is 0 Å². The number of hydrogen-bond donors (Lipinski definition) is 2. The van der Waals surface area contributed by atoms with Gasteiger partial charge in [-0.25, -0.2) is 0 Å². The number of amides is 1. The molecule has 2 N–H and O–H groups in total. The quantitative estimate of drug-likeness (QED) is 0.400. The minimum atomic E-state index is -4.05. The molecule has 7 heteroatoms. The Kier molecular flexibility index (Phi) is 6.61. The zero-order chi connectivity index (χ0) is 7.49. The van der Waals surface area contributed by atoms with Gasteiger partial charge in [0.1, 0.15) is 5.88 Å². The average Bonchev–Trinajstić information content (AvgIpc) is 1.59. The summed E-state index contributed by atoms with van der Waals surface area (Å²) in [6.07, 6.45) is 0. The molecule has 55 valence electrons. The van der Waals surface area contributed by atoms with Gasteiger partial charge in [0.25, 0.3) is 10.1 Å². The van der Waals surface area contributed by atoms with Crippen molar-refractivity contribution >= 4 is 45.6 Å². The van der Waals surface area contributed by atoms with Gasteiger partial charge in [0.15, 0.2) is 0 Å². The molecule has 0 saturated carbocycles. The standard InChI is InChI=1S/C3H7NO4S.Na/c1-3(5)4-2-9(6,7)8;/h2H2,1H3,(H,4,5)(H,6,7,8);. The predicted molar refractivity (Wildman–Crippen MR) is 36.0 cm³/mol. The van der Waals surface area contributed by atoms with Crippen LogP contribution in [0, 0.1) is 0 Å². The summed E-state index contributed by atoms with van der Waals surface area (Å²) in [7, 11) is -4.05. The molecule has 0 aromatic heterocycles. The summed E-state index contributed by atoms with van der Waals surface area (Å²) in [5, 5.41) is 1.91. The van der Waals surface area contributed by atoms with E-state index in [1.165, 1.54) is 0 Å². The van der Waals surface area contributed by atoms with Crippen molar-refractivity contribution in [1.29, 1.82) is 0 Å². The largest absolute Gasteiger partial charge is 0.340 e. The molecule has 0 heterocycles. The minimum absolute atomic E-state index is 0. The van der Waals surface area contributed by atoms with E-state index in [9.17, 15) is 13.2 Å². The van der Waals surface area contributed by atoms with E-state index in [4.69, 9.17) is 4.55 Å². The van der Waals surface area contributed by atoms with Crippen LogP contribution in [0.2, 0.25) is 0 Å². The van der Waals surface area contributed by atoms with E-state index in [0.717, 1.165) is 6.92 Å². The molecule has 0 aliphatic carbocycles. The maximum Gasteiger partial charge on any atom is 0.283 e. The Balaban J connectivity index is 0. The second kappa shape index (κ2) is 5.09. The van der Waals surface area contributed by atoms with Crippen molar-refractivity contribution < 1.29 is 17.8 Å². The first-order valence-electron chi connectivity index (χ1n) is 2.11. The van der Waals surface area contributed by atoms with Gasteiger partial charge < -0.3 is 5.32 Å². The molecule has 0 fully saturated rings. The first-order chi connectivity index (χ1) is 3.92. The van der Waals surface area contributed by atoms with E-state index in [0.29, 0.717) is 0 Å². The Morgan fingerprint density at radius 1 is 1.60 bits per heavy atom. The van der Waals surface area contributed by atoms with Crippen molar-refractivity contribution in [2.45, 2.75) is 6.92 Å². The molecule has 1 amide bonds. The fraction of sp³-hybridized carbons (Fsp3) is 0.667. The van der Waals surface area contributed by atoms with Crippen molar-refractivity contribution in [3.05, 3.63) is 0 Å². The van der Waals surface area contributed by atoms with E-state index in [-0.39, 0.29) is 29.6 Å². The van der Waals surface area contributed by atoms with Gasteiger partial charge in [-0.3, -0.25) is 9.35 Å². The van der Waals surface area contributed by atoms with E-state index in [1.54, 1.807) is 0 Å². The molecule has 0 rings (SSSR count). The Labute approximate surface area is 81.2 Å². The van der Waals surface area contributed by atoms with E-state index in [1.807, 2.05) is 5.32 Å². The third kappa shape index (κ3) is 11.2. The fourth-order valence-corrected chi connectivity index (χ4v) is 0.578. The summed E-state index contributed by atoms with van der Waals surface area (Å²) >= 11 is 0. The maximum atomic E-state index is 10.0. The van der Waals surface area contributed by atoms with Gasteiger partial charge in [0.05, 0.1) is 0 Å². The van der Waals surface area contributed by atoms with Crippen LogP contribution in [0.15, 0.2) is 0 Å². The number of hydrogen-bond acceptors (Lipinski definition) is 3. The zero-order valence-corrected chi connectivity index (χ0v) is 8.60. The molecule has 0 aliphatic heterocycles. The Bertz CT molecular complexity index is 199. The van der Waals surface area contributed by atoms with Crippen LogP contribution < -0.4 is 5.32 Å². The normalized spacial score (nSPS) is 9.80. The Hall–Kier alpha value is 0.380. The Morgan fingerprint density at radius 3 is 2.10 bits per heavy atom. The summed E-state index contributed by atoms with van der Waals surface area (Å²) in [6, 6.07) is 0. The molecule has 0 atom stereocenters. The fourth-order valence-electron chi connectivity index (χ4n) is 0.193. The van der Waals surface area contributed by atoms with Gasteiger partial charge in [0.2, 0.25) is 5.91 Å². The van der Waals surface area contributed by atoms with E-state index in [2.05, 4.69) is 0 Å². The van der Waals surface area contributed by atoms with E-state index >= 15 is 0 Å². The Morgan fingerprint density at radius 2 is 2.00 bits per heavy atom. The molecule has 0 aromatic carbocycles. The summed E-state index contributed by atoms with van der Waals surface area (Å²) < 4.78 is 27.8. The van der Waals surface area contributed by atoms with Crippen molar-refractivity contribution in [2.75, 3.05) is 5.88 Å². The number of carbonyl (C=O) groups is 1. The smallest absolute Gasteiger partial charge is 0.283 e. The molecular formula is C3H7NNaO4S. The van der Waals surface area contributed by atoms with Crippen molar-refractivity contribution in [2.24, 2.45) is 0 Å². The second-order valence-corrected chi connectivity index (χ2v) is 2.91. The van der Waals surface area contributed by atoms with Crippen molar-refractivity contribution in [3.8, 4) is 0 Å². The molecule has 0 spiro atoms. The third-order valence-corrected chi connectivity index (χ3v) is 1.01. The topological polar surface area (TPSA) is 83.5 Å². The molecule has 0 aromatic rings. The average molecular weight is 176 g/mol. The van der Waals surface area contributed by atoms with Crippen LogP contribution in [-0.2, 0) is 14.9 Å². The van der Waals surface area contributed by atoms with Crippen LogP contribution in [0.25, 0.3) is 0 Å². The van der Waals surface area contributed by atoms with Gasteiger partial charge in [0, 0.05) is 36.5 Å². The number of nitrogens with one attached hydrogen (secondary N) is 1. The minimum Gasteiger partial charge on any atom is -0.340 e. The summed E-state index contributed by atoms with van der Waals surface area (Å²) in [6.45, 7) is 1.16. The van der Waals surface area contributed by atoms with Crippen molar-refractivity contribution in [3.63, 3.8) is 0 Å². The molecule has 10 heavy (non-hydrogen) atoms. The number of carbonyl (C=O) groups excluding carboxylic acids is 1. The summed E-state index contributed by atoms with van der Waals surface area (Å²) in [5.74, 6) is -1.21. The SMILES string of the molecule is CC(=O)NCS(=O)(=O)O.[Na]. The molecule has 0 unspecified atom stereocenters. The third-order valence-electron chi connectivity index (χ3n) is 0.504. The number of rotatable bonds is 2. The van der Waals surface area contributed by atoms with Crippen LogP contribution >= 0.6 is 0 Å². The predicted octanol–water partition coefficient (Wildman–Crippen LogP) is -1.41. The molecule has 0 saturated heterocycles. The first-order valence-corrected chi connectivity index (χ1v) is 3.72. The van der Waals surface area contributed by atoms with Gasteiger partial charge >= 0.3 is 0 Å². The van der Waals surface area contributed by atoms with Gasteiger partial charge in [-0.15, -0.1) is 0 Å². The molecule has 5 nitrogen and oxygen atoms in total. The summed E-state index contributed by atoms with van der Waals surface area (Å²) in [5.41, 5.74) is 0. The monoisotopic (exact) mass is 176 g/mol. The van der Waals surface area contributed by atoms with Crippen LogP contribution in [0.3, 0.4) is 0 Å².